The van der Waals surface area contributed by atoms with Crippen LogP contribution in [0.25, 0.3) is 0 Å². The van der Waals surface area contributed by atoms with E-state index in [9.17, 15) is 0 Å². The quantitative estimate of drug-likeness (QED) is 0.723. The van der Waals surface area contributed by atoms with Crippen molar-refractivity contribution in [1.82, 2.24) is 5.06 Å². The number of rotatable bonds is 2. The van der Waals surface area contributed by atoms with Gasteiger partial charge in [0.1, 0.15) is 5.75 Å². The summed E-state index contributed by atoms with van der Waals surface area (Å²) in [5.74, 6) is 0.876. The molecule has 0 saturated carbocycles. The van der Waals surface area contributed by atoms with Gasteiger partial charge in [-0.15, -0.1) is 5.06 Å². The van der Waals surface area contributed by atoms with E-state index in [-0.39, 0.29) is 0 Å². The van der Waals surface area contributed by atoms with Gasteiger partial charge in [-0.25, -0.2) is 0 Å². The Balaban J connectivity index is 2.07. The van der Waals surface area contributed by atoms with Crippen LogP contribution in [-0.2, 0) is 0 Å². The second-order valence-electron chi connectivity index (χ2n) is 3.28. The van der Waals surface area contributed by atoms with Gasteiger partial charge in [-0.1, -0.05) is 11.6 Å². The van der Waals surface area contributed by atoms with Gasteiger partial charge in [-0.05, 0) is 37.1 Å². The minimum absolute atomic E-state index is 0.788. The van der Waals surface area contributed by atoms with E-state index < -0.39 is 0 Å². The van der Waals surface area contributed by atoms with Crippen molar-refractivity contribution in [3.63, 3.8) is 0 Å². The van der Waals surface area contributed by atoms with Crippen LogP contribution >= 0.6 is 11.6 Å². The number of aryl methyl sites for hydroxylation is 1. The zero-order valence-corrected chi connectivity index (χ0v) is 8.34. The van der Waals surface area contributed by atoms with Crippen LogP contribution in [0, 0.1) is 6.92 Å². The van der Waals surface area contributed by atoms with Crippen molar-refractivity contribution in [2.24, 2.45) is 0 Å². The first-order valence-electron chi connectivity index (χ1n) is 4.45. The molecule has 0 aromatic heterocycles. The number of nitrogens with zero attached hydrogens (tertiary/aromatic N) is 1. The summed E-state index contributed by atoms with van der Waals surface area (Å²) in [7, 11) is 0. The molecular formula is C10H12ClNO. The van der Waals surface area contributed by atoms with Gasteiger partial charge in [0.2, 0.25) is 0 Å². The van der Waals surface area contributed by atoms with E-state index in [2.05, 4.69) is 0 Å². The summed E-state index contributed by atoms with van der Waals surface area (Å²) in [5.41, 5.74) is 1.06. The molecule has 2 rings (SSSR count). The predicted molar refractivity (Wildman–Crippen MR) is 53.0 cm³/mol. The third-order valence-electron chi connectivity index (χ3n) is 2.18. The molecule has 1 aromatic rings. The molecule has 0 spiro atoms. The standard InChI is InChI=1S/C10H12ClNO/c1-8-7-9(3-4-10(8)11)13-12-5-2-6-12/h3-4,7H,2,5-6H2,1H3. The van der Waals surface area contributed by atoms with Gasteiger partial charge in [0.15, 0.2) is 0 Å². The Morgan fingerprint density at radius 2 is 2.15 bits per heavy atom. The summed E-state index contributed by atoms with van der Waals surface area (Å²) >= 11 is 5.90. The van der Waals surface area contributed by atoms with Gasteiger partial charge in [0.05, 0.1) is 0 Å². The largest absolute Gasteiger partial charge is 0.406 e. The Morgan fingerprint density at radius 1 is 1.38 bits per heavy atom. The molecule has 3 heteroatoms. The maximum atomic E-state index is 5.90. The van der Waals surface area contributed by atoms with E-state index in [1.165, 1.54) is 6.42 Å². The fourth-order valence-electron chi connectivity index (χ4n) is 1.20. The van der Waals surface area contributed by atoms with E-state index in [1.54, 1.807) is 0 Å². The van der Waals surface area contributed by atoms with Crippen LogP contribution in [0.5, 0.6) is 5.75 Å². The van der Waals surface area contributed by atoms with Gasteiger partial charge >= 0.3 is 0 Å². The van der Waals surface area contributed by atoms with Crippen LogP contribution in [0.2, 0.25) is 5.02 Å². The molecule has 0 atom stereocenters. The summed E-state index contributed by atoms with van der Waals surface area (Å²) in [4.78, 5) is 5.56. The molecule has 0 aliphatic carbocycles. The van der Waals surface area contributed by atoms with Crippen LogP contribution in [0.15, 0.2) is 18.2 Å². The molecule has 1 aliphatic rings. The molecule has 1 saturated heterocycles. The normalized spacial score (nSPS) is 16.8. The van der Waals surface area contributed by atoms with Gasteiger partial charge in [-0.2, -0.15) is 0 Å². The highest BCUT2D eigenvalue weighted by Gasteiger charge is 2.15. The van der Waals surface area contributed by atoms with Crippen molar-refractivity contribution in [3.05, 3.63) is 28.8 Å². The second-order valence-corrected chi connectivity index (χ2v) is 3.69. The van der Waals surface area contributed by atoms with E-state index in [1.807, 2.05) is 30.2 Å². The van der Waals surface area contributed by atoms with Gasteiger partial charge < -0.3 is 4.84 Å². The summed E-state index contributed by atoms with van der Waals surface area (Å²) < 4.78 is 0. The lowest BCUT2D eigenvalue weighted by molar-refractivity contribution is -0.107. The topological polar surface area (TPSA) is 12.5 Å². The lowest BCUT2D eigenvalue weighted by Gasteiger charge is -2.29. The van der Waals surface area contributed by atoms with Crippen molar-refractivity contribution < 1.29 is 4.84 Å². The number of hydrogen-bond donors (Lipinski definition) is 0. The van der Waals surface area contributed by atoms with Crippen molar-refractivity contribution in [1.29, 1.82) is 0 Å². The Kier molecular flexibility index (Phi) is 2.42. The van der Waals surface area contributed by atoms with Gasteiger partial charge in [0, 0.05) is 18.1 Å². The van der Waals surface area contributed by atoms with Crippen LogP contribution in [0.4, 0.5) is 0 Å². The van der Waals surface area contributed by atoms with E-state index in [4.69, 9.17) is 16.4 Å². The molecule has 1 aliphatic heterocycles. The molecule has 0 radical (unpaired) electrons. The molecule has 1 fully saturated rings. The highest BCUT2D eigenvalue weighted by Crippen LogP contribution is 2.22. The van der Waals surface area contributed by atoms with E-state index >= 15 is 0 Å². The summed E-state index contributed by atoms with van der Waals surface area (Å²) in [6, 6.07) is 5.72. The lowest BCUT2D eigenvalue weighted by Crippen LogP contribution is -2.39. The maximum absolute atomic E-state index is 5.90. The zero-order valence-electron chi connectivity index (χ0n) is 7.59. The molecule has 1 aromatic carbocycles. The Labute approximate surface area is 83.0 Å². The van der Waals surface area contributed by atoms with Crippen LogP contribution in [-0.4, -0.2) is 18.2 Å². The first-order chi connectivity index (χ1) is 6.25. The van der Waals surface area contributed by atoms with Crippen molar-refractivity contribution in [3.8, 4) is 5.75 Å². The Hall–Kier alpha value is -0.730. The van der Waals surface area contributed by atoms with Crippen LogP contribution < -0.4 is 4.84 Å². The molecule has 2 nitrogen and oxygen atoms in total. The molecular weight excluding hydrogens is 186 g/mol. The number of halogens is 1. The molecule has 70 valence electrons. The minimum atomic E-state index is 0.788. The molecule has 13 heavy (non-hydrogen) atoms. The summed E-state index contributed by atoms with van der Waals surface area (Å²) in [6.07, 6.45) is 1.23. The van der Waals surface area contributed by atoms with Crippen molar-refractivity contribution in [2.45, 2.75) is 13.3 Å². The zero-order chi connectivity index (χ0) is 9.26. The average Bonchev–Trinajstić information content (AvgIpc) is 2.04. The van der Waals surface area contributed by atoms with Gasteiger partial charge in [0.25, 0.3) is 0 Å². The predicted octanol–water partition coefficient (Wildman–Crippen LogP) is 2.65. The maximum Gasteiger partial charge on any atom is 0.147 e. The summed E-state index contributed by atoms with van der Waals surface area (Å²) in [6.45, 7) is 4.04. The van der Waals surface area contributed by atoms with Crippen LogP contribution in [0.1, 0.15) is 12.0 Å². The van der Waals surface area contributed by atoms with E-state index in [0.29, 0.717) is 0 Å². The third kappa shape index (κ3) is 1.95. The average molecular weight is 198 g/mol. The SMILES string of the molecule is Cc1cc(ON2CCC2)ccc1Cl. The first kappa shape index (κ1) is 8.85. The number of hydrogen-bond acceptors (Lipinski definition) is 2. The monoisotopic (exact) mass is 197 g/mol. The van der Waals surface area contributed by atoms with Gasteiger partial charge in [-0.3, -0.25) is 0 Å². The molecule has 0 amide bonds. The third-order valence-corrected chi connectivity index (χ3v) is 2.60. The van der Waals surface area contributed by atoms with Crippen molar-refractivity contribution in [2.75, 3.05) is 13.1 Å². The molecule has 0 N–H and O–H groups in total. The Bertz CT molecular complexity index is 310. The Morgan fingerprint density at radius 3 is 2.69 bits per heavy atom. The van der Waals surface area contributed by atoms with Crippen LogP contribution in [0.3, 0.4) is 0 Å². The minimum Gasteiger partial charge on any atom is -0.406 e. The molecule has 0 unspecified atom stereocenters. The smallest absolute Gasteiger partial charge is 0.147 e. The highest BCUT2D eigenvalue weighted by molar-refractivity contribution is 6.31. The summed E-state index contributed by atoms with van der Waals surface area (Å²) in [5, 5.41) is 2.74. The van der Waals surface area contributed by atoms with Crippen molar-refractivity contribution >= 4 is 11.6 Å². The van der Waals surface area contributed by atoms with E-state index in [0.717, 1.165) is 29.4 Å². The molecule has 0 bridgehead atoms. The number of benzene rings is 1. The highest BCUT2D eigenvalue weighted by atomic mass is 35.5. The fourth-order valence-corrected chi connectivity index (χ4v) is 1.32. The molecule has 1 heterocycles. The first-order valence-corrected chi connectivity index (χ1v) is 4.82. The number of hydroxylamine groups is 2. The fraction of sp³-hybridized carbons (Fsp3) is 0.400. The lowest BCUT2D eigenvalue weighted by atomic mass is 10.2. The second kappa shape index (κ2) is 3.56.